The van der Waals surface area contributed by atoms with E-state index in [1.54, 1.807) is 31.2 Å². The molecule has 1 N–H and O–H groups in total. The lowest BCUT2D eigenvalue weighted by atomic mass is 10.1. The first-order chi connectivity index (χ1) is 14.8. The summed E-state index contributed by atoms with van der Waals surface area (Å²) in [4.78, 5) is 21.7. The number of hydrogen-bond donors (Lipinski definition) is 1. The van der Waals surface area contributed by atoms with Gasteiger partial charge in [-0.1, -0.05) is 42.5 Å². The molecule has 2 aromatic rings. The van der Waals surface area contributed by atoms with Crippen molar-refractivity contribution < 1.29 is 13.2 Å². The summed E-state index contributed by atoms with van der Waals surface area (Å²) in [6.45, 7) is 3.68. The number of amides is 1. The molecule has 7 nitrogen and oxygen atoms in total. The van der Waals surface area contributed by atoms with E-state index in [9.17, 15) is 13.2 Å². The fourth-order valence-corrected chi connectivity index (χ4v) is 4.75. The molecule has 0 aliphatic carbocycles. The number of hydrogen-bond acceptors (Lipinski definition) is 5. The summed E-state index contributed by atoms with van der Waals surface area (Å²) in [6, 6.07) is 16.2. The second kappa shape index (κ2) is 10.1. The van der Waals surface area contributed by atoms with Crippen LogP contribution in [0.2, 0.25) is 0 Å². The van der Waals surface area contributed by atoms with Crippen molar-refractivity contribution in [2.75, 3.05) is 33.7 Å². The molecule has 166 valence electrons. The monoisotopic (exact) mass is 442 g/mol. The highest BCUT2D eigenvalue weighted by molar-refractivity contribution is 7.90. The van der Waals surface area contributed by atoms with E-state index in [0.29, 0.717) is 18.7 Å². The van der Waals surface area contributed by atoms with E-state index in [1.165, 1.54) is 5.56 Å². The molecule has 8 heteroatoms. The number of amidine groups is 1. The first-order valence-electron chi connectivity index (χ1n) is 10.5. The minimum atomic E-state index is -3.62. The highest BCUT2D eigenvalue weighted by Gasteiger charge is 2.31. The Morgan fingerprint density at radius 3 is 2.39 bits per heavy atom. The maximum Gasteiger partial charge on any atom is 0.263 e. The number of aryl methyl sites for hydroxylation is 1. The Morgan fingerprint density at radius 1 is 1.00 bits per heavy atom. The first kappa shape index (κ1) is 23.0. The number of sulfonamides is 1. The van der Waals surface area contributed by atoms with Crippen LogP contribution >= 0.6 is 0 Å². The van der Waals surface area contributed by atoms with Crippen LogP contribution in [-0.2, 0) is 21.2 Å². The Balaban J connectivity index is 1.71. The van der Waals surface area contributed by atoms with E-state index in [0.717, 1.165) is 19.4 Å². The average molecular weight is 443 g/mol. The second-order valence-corrected chi connectivity index (χ2v) is 9.62. The summed E-state index contributed by atoms with van der Waals surface area (Å²) in [5.41, 5.74) is 1.75. The Hall–Kier alpha value is -2.71. The van der Waals surface area contributed by atoms with Gasteiger partial charge in [0, 0.05) is 25.2 Å². The van der Waals surface area contributed by atoms with E-state index in [2.05, 4.69) is 21.8 Å². The van der Waals surface area contributed by atoms with Crippen molar-refractivity contribution >= 4 is 21.8 Å². The van der Waals surface area contributed by atoms with Crippen LogP contribution < -0.4 is 4.72 Å². The predicted octanol–water partition coefficient (Wildman–Crippen LogP) is 2.14. The molecular weight excluding hydrogens is 412 g/mol. The molecule has 1 heterocycles. The third-order valence-electron chi connectivity index (χ3n) is 5.21. The van der Waals surface area contributed by atoms with Crippen molar-refractivity contribution in [1.82, 2.24) is 14.5 Å². The van der Waals surface area contributed by atoms with Gasteiger partial charge in [-0.05, 0) is 51.6 Å². The van der Waals surface area contributed by atoms with Gasteiger partial charge in [0.1, 0.15) is 11.9 Å². The summed E-state index contributed by atoms with van der Waals surface area (Å²) in [5.74, 6) is 0.124. The normalized spacial score (nSPS) is 16.7. The van der Waals surface area contributed by atoms with Crippen LogP contribution in [0.1, 0.15) is 24.5 Å². The SMILES string of the molecule is C[C@H](N=C1NS(=O)(=O)c2ccccc21)C(=O)N(CCCc1ccccc1)CCN(C)C. The number of rotatable bonds is 9. The first-order valence-corrected chi connectivity index (χ1v) is 11.9. The van der Waals surface area contributed by atoms with Gasteiger partial charge in [0.25, 0.3) is 10.0 Å². The maximum atomic E-state index is 13.2. The highest BCUT2D eigenvalue weighted by Crippen LogP contribution is 2.22. The molecule has 0 unspecified atom stereocenters. The van der Waals surface area contributed by atoms with Crippen LogP contribution in [0.5, 0.6) is 0 Å². The number of likely N-dealkylation sites (N-methyl/N-ethyl adjacent to an activating group) is 1. The summed E-state index contributed by atoms with van der Waals surface area (Å²) in [5, 5.41) is 0. The van der Waals surface area contributed by atoms with E-state index in [-0.39, 0.29) is 16.6 Å². The van der Waals surface area contributed by atoms with Gasteiger partial charge in [0.2, 0.25) is 5.91 Å². The smallest absolute Gasteiger partial charge is 0.263 e. The second-order valence-electron chi connectivity index (χ2n) is 7.97. The lowest BCUT2D eigenvalue weighted by Crippen LogP contribution is -2.42. The molecule has 0 aromatic heterocycles. The number of nitrogens with one attached hydrogen (secondary N) is 1. The molecule has 0 saturated carbocycles. The summed E-state index contributed by atoms with van der Waals surface area (Å²) >= 11 is 0. The van der Waals surface area contributed by atoms with Crippen molar-refractivity contribution in [2.24, 2.45) is 4.99 Å². The molecule has 3 rings (SSSR count). The standard InChI is InChI=1S/C23H30N4O3S/c1-18(24-22-20-13-7-8-14-21(20)31(29,30)25-22)23(28)27(17-16-26(2)3)15-9-12-19-10-5-4-6-11-19/h4-8,10-11,13-14,18H,9,12,15-17H2,1-3H3,(H,24,25)/t18-/m0/s1. The molecule has 1 aliphatic rings. The van der Waals surface area contributed by atoms with E-state index in [4.69, 9.17) is 0 Å². The maximum absolute atomic E-state index is 13.2. The molecule has 0 saturated heterocycles. The Labute approximate surface area is 184 Å². The fraction of sp³-hybridized carbons (Fsp3) is 0.391. The van der Waals surface area contributed by atoms with Crippen LogP contribution in [-0.4, -0.2) is 69.7 Å². The Bertz CT molecular complexity index is 1040. The molecule has 31 heavy (non-hydrogen) atoms. The average Bonchev–Trinajstić information content (AvgIpc) is 3.00. The Morgan fingerprint density at radius 2 is 1.68 bits per heavy atom. The zero-order valence-electron chi connectivity index (χ0n) is 18.3. The van der Waals surface area contributed by atoms with Gasteiger partial charge in [0.15, 0.2) is 0 Å². The van der Waals surface area contributed by atoms with E-state index < -0.39 is 16.1 Å². The zero-order valence-corrected chi connectivity index (χ0v) is 19.1. The lowest BCUT2D eigenvalue weighted by Gasteiger charge is -2.26. The van der Waals surface area contributed by atoms with Gasteiger partial charge >= 0.3 is 0 Å². The molecule has 1 atom stereocenters. The van der Waals surface area contributed by atoms with Gasteiger partial charge in [-0.15, -0.1) is 0 Å². The molecule has 1 amide bonds. The summed E-state index contributed by atoms with van der Waals surface area (Å²) < 4.78 is 27.1. The van der Waals surface area contributed by atoms with Crippen molar-refractivity contribution in [1.29, 1.82) is 0 Å². The minimum absolute atomic E-state index is 0.106. The van der Waals surface area contributed by atoms with Crippen LogP contribution in [0.25, 0.3) is 0 Å². The number of carbonyl (C=O) groups is 1. The highest BCUT2D eigenvalue weighted by atomic mass is 32.2. The van der Waals surface area contributed by atoms with E-state index >= 15 is 0 Å². The number of benzene rings is 2. The number of carbonyl (C=O) groups excluding carboxylic acids is 1. The van der Waals surface area contributed by atoms with Crippen LogP contribution in [0, 0.1) is 0 Å². The quantitative estimate of drug-likeness (QED) is 0.645. The van der Waals surface area contributed by atoms with Crippen molar-refractivity contribution in [2.45, 2.75) is 30.7 Å². The van der Waals surface area contributed by atoms with Crippen molar-refractivity contribution in [3.8, 4) is 0 Å². The molecule has 0 radical (unpaired) electrons. The number of aliphatic imine (C=N–C) groups is 1. The van der Waals surface area contributed by atoms with Crippen LogP contribution in [0.4, 0.5) is 0 Å². The van der Waals surface area contributed by atoms with Gasteiger partial charge < -0.3 is 9.80 Å². The topological polar surface area (TPSA) is 82.1 Å². The summed E-state index contributed by atoms with van der Waals surface area (Å²) in [6.07, 6.45) is 1.74. The fourth-order valence-electron chi connectivity index (χ4n) is 3.51. The Kier molecular flexibility index (Phi) is 7.46. The van der Waals surface area contributed by atoms with Gasteiger partial charge in [-0.25, -0.2) is 8.42 Å². The molecular formula is C23H30N4O3S. The number of nitrogens with zero attached hydrogens (tertiary/aromatic N) is 3. The van der Waals surface area contributed by atoms with E-state index in [1.807, 2.05) is 42.1 Å². The van der Waals surface area contributed by atoms with Crippen molar-refractivity contribution in [3.05, 3.63) is 65.7 Å². The molecule has 0 bridgehead atoms. The molecule has 1 aliphatic heterocycles. The van der Waals surface area contributed by atoms with Gasteiger partial charge in [0.05, 0.1) is 4.90 Å². The van der Waals surface area contributed by atoms with Crippen molar-refractivity contribution in [3.63, 3.8) is 0 Å². The third-order valence-corrected chi connectivity index (χ3v) is 6.61. The van der Waals surface area contributed by atoms with Crippen LogP contribution in [0.3, 0.4) is 0 Å². The van der Waals surface area contributed by atoms with Gasteiger partial charge in [-0.2, -0.15) is 0 Å². The molecule has 2 aromatic carbocycles. The molecule has 0 fully saturated rings. The zero-order chi connectivity index (χ0) is 22.4. The molecule has 0 spiro atoms. The lowest BCUT2D eigenvalue weighted by molar-refractivity contribution is -0.132. The third kappa shape index (κ3) is 5.92. The minimum Gasteiger partial charge on any atom is -0.340 e. The van der Waals surface area contributed by atoms with Crippen LogP contribution in [0.15, 0.2) is 64.5 Å². The number of fused-ring (bicyclic) bond motifs is 1. The van der Waals surface area contributed by atoms with Gasteiger partial charge in [-0.3, -0.25) is 14.5 Å². The summed E-state index contributed by atoms with van der Waals surface area (Å²) in [7, 11) is 0.320. The predicted molar refractivity (Wildman–Crippen MR) is 123 cm³/mol. The largest absolute Gasteiger partial charge is 0.340 e.